The third kappa shape index (κ3) is 6.77. The zero-order valence-electron chi connectivity index (χ0n) is 13.6. The van der Waals surface area contributed by atoms with E-state index in [1.807, 2.05) is 0 Å². The van der Waals surface area contributed by atoms with Gasteiger partial charge in [0.05, 0.1) is 13.7 Å². The lowest BCUT2D eigenvalue weighted by Gasteiger charge is -2.33. The molecule has 0 radical (unpaired) electrons. The van der Waals surface area contributed by atoms with Crippen molar-refractivity contribution in [3.8, 4) is 11.5 Å². The minimum Gasteiger partial charge on any atom is -0.390 e. The van der Waals surface area contributed by atoms with Crippen molar-refractivity contribution in [1.29, 1.82) is 0 Å². The first kappa shape index (κ1) is 18.0. The minimum atomic E-state index is -1.34. The second kappa shape index (κ2) is 6.41. The van der Waals surface area contributed by atoms with E-state index >= 15 is 0 Å². The molecule has 0 heterocycles. The molecule has 0 aliphatic rings. The van der Waals surface area contributed by atoms with Crippen LogP contribution in [0, 0.1) is 11.5 Å². The van der Waals surface area contributed by atoms with Gasteiger partial charge in [-0.25, -0.2) is 0 Å². The smallest absolute Gasteiger partial charge is 0.129 e. The Morgan fingerprint density at radius 2 is 1.44 bits per heavy atom. The summed E-state index contributed by atoms with van der Waals surface area (Å²) in [5, 5.41) is 10.6. The van der Waals surface area contributed by atoms with Crippen LogP contribution in [0.15, 0.2) is 0 Å². The predicted octanol–water partition coefficient (Wildman–Crippen LogP) is 4.52. The summed E-state index contributed by atoms with van der Waals surface area (Å²) in [6.07, 6.45) is 2.52. The molecule has 0 aliphatic carbocycles. The molecule has 18 heavy (non-hydrogen) atoms. The highest BCUT2D eigenvalue weighted by atomic mass is 28.3. The van der Waals surface area contributed by atoms with E-state index < -0.39 is 21.7 Å². The standard InChI is InChI=1S/C15H32OSi2/c1-9-15(16,10-2)13-14(18(6,7)8)11-12-17(3,4)5/h14,16H,9-10,13H2,1-8H3. The zero-order chi connectivity index (χ0) is 14.6. The Morgan fingerprint density at radius 3 is 1.72 bits per heavy atom. The Hall–Kier alpha value is -0.0462. The fourth-order valence-corrected chi connectivity index (χ4v) is 4.05. The largest absolute Gasteiger partial charge is 0.390 e. The lowest BCUT2D eigenvalue weighted by molar-refractivity contribution is 0.0247. The monoisotopic (exact) mass is 284 g/mol. The fourth-order valence-electron chi connectivity index (χ4n) is 1.80. The third-order valence-corrected chi connectivity index (χ3v) is 6.90. The quantitative estimate of drug-likeness (QED) is 0.581. The van der Waals surface area contributed by atoms with Crippen molar-refractivity contribution in [2.45, 2.75) is 83.5 Å². The van der Waals surface area contributed by atoms with Crippen molar-refractivity contribution in [3.63, 3.8) is 0 Å². The summed E-state index contributed by atoms with van der Waals surface area (Å²) in [5.41, 5.74) is 3.41. The molecule has 0 rings (SSSR count). The summed E-state index contributed by atoms with van der Waals surface area (Å²) < 4.78 is 0. The van der Waals surface area contributed by atoms with Gasteiger partial charge in [-0.3, -0.25) is 0 Å². The molecular formula is C15H32OSi2. The fraction of sp³-hybridized carbons (Fsp3) is 0.867. The van der Waals surface area contributed by atoms with Crippen LogP contribution >= 0.6 is 0 Å². The molecule has 0 aliphatic heterocycles. The van der Waals surface area contributed by atoms with Crippen LogP contribution in [0.25, 0.3) is 0 Å². The Balaban J connectivity index is 5.09. The molecule has 0 saturated heterocycles. The molecule has 1 unspecified atom stereocenters. The normalized spacial score (nSPS) is 14.9. The number of hydrogen-bond acceptors (Lipinski definition) is 1. The van der Waals surface area contributed by atoms with E-state index in [9.17, 15) is 5.11 Å². The topological polar surface area (TPSA) is 20.2 Å². The van der Waals surface area contributed by atoms with Gasteiger partial charge in [-0.1, -0.05) is 53.1 Å². The van der Waals surface area contributed by atoms with Crippen LogP contribution in [0.1, 0.15) is 33.1 Å². The van der Waals surface area contributed by atoms with Gasteiger partial charge >= 0.3 is 0 Å². The van der Waals surface area contributed by atoms with Gasteiger partial charge in [-0.2, -0.15) is 0 Å². The molecule has 0 aromatic carbocycles. The van der Waals surface area contributed by atoms with E-state index in [0.717, 1.165) is 19.3 Å². The van der Waals surface area contributed by atoms with Crippen LogP contribution in [0.2, 0.25) is 44.8 Å². The molecule has 0 saturated carbocycles. The molecular weight excluding hydrogens is 252 g/mol. The molecule has 106 valence electrons. The van der Waals surface area contributed by atoms with Crippen LogP contribution in [-0.2, 0) is 0 Å². The first-order valence-electron chi connectivity index (χ1n) is 7.18. The Morgan fingerprint density at radius 1 is 1.00 bits per heavy atom. The number of hydrogen-bond donors (Lipinski definition) is 1. The van der Waals surface area contributed by atoms with E-state index in [-0.39, 0.29) is 0 Å². The van der Waals surface area contributed by atoms with Crippen LogP contribution in [0.3, 0.4) is 0 Å². The van der Waals surface area contributed by atoms with Crippen molar-refractivity contribution in [1.82, 2.24) is 0 Å². The zero-order valence-corrected chi connectivity index (χ0v) is 15.6. The molecule has 1 N–H and O–H groups in total. The maximum Gasteiger partial charge on any atom is 0.129 e. The van der Waals surface area contributed by atoms with Gasteiger partial charge < -0.3 is 5.11 Å². The average Bonchev–Trinajstić information content (AvgIpc) is 2.21. The minimum absolute atomic E-state index is 0.411. The van der Waals surface area contributed by atoms with E-state index in [2.05, 4.69) is 64.6 Å². The maximum atomic E-state index is 10.6. The molecule has 1 atom stereocenters. The number of aliphatic hydroxyl groups is 1. The van der Waals surface area contributed by atoms with Crippen LogP contribution in [-0.4, -0.2) is 26.9 Å². The highest BCUT2D eigenvalue weighted by molar-refractivity contribution is 6.84. The highest BCUT2D eigenvalue weighted by Gasteiger charge is 2.33. The van der Waals surface area contributed by atoms with Gasteiger partial charge in [-0.15, -0.1) is 11.5 Å². The summed E-state index contributed by atoms with van der Waals surface area (Å²) in [7, 11) is -2.66. The van der Waals surface area contributed by atoms with Crippen molar-refractivity contribution >= 4 is 16.1 Å². The van der Waals surface area contributed by atoms with E-state index in [1.165, 1.54) is 0 Å². The summed E-state index contributed by atoms with van der Waals surface area (Å²) in [6, 6.07) is 0. The number of rotatable bonds is 5. The molecule has 3 heteroatoms. The van der Waals surface area contributed by atoms with Crippen LogP contribution in [0.4, 0.5) is 0 Å². The first-order valence-corrected chi connectivity index (χ1v) is 14.3. The third-order valence-electron chi connectivity index (χ3n) is 3.57. The van der Waals surface area contributed by atoms with E-state index in [0.29, 0.717) is 5.54 Å². The van der Waals surface area contributed by atoms with E-state index in [4.69, 9.17) is 0 Å². The SMILES string of the molecule is CCC(O)(CC)CC(C#C[Si](C)(C)C)[Si](C)(C)C. The summed E-state index contributed by atoms with van der Waals surface area (Å²) in [5.74, 6) is 3.54. The second-order valence-corrected chi connectivity index (χ2v) is 17.8. The summed E-state index contributed by atoms with van der Waals surface area (Å²) in [4.78, 5) is 0. The molecule has 0 spiro atoms. The van der Waals surface area contributed by atoms with Crippen LogP contribution < -0.4 is 0 Å². The summed E-state index contributed by atoms with van der Waals surface area (Å²) >= 11 is 0. The van der Waals surface area contributed by atoms with Crippen molar-refractivity contribution in [2.24, 2.45) is 0 Å². The van der Waals surface area contributed by atoms with Crippen LogP contribution in [0.5, 0.6) is 0 Å². The molecule has 0 bridgehead atoms. The first-order chi connectivity index (χ1) is 7.93. The maximum absolute atomic E-state index is 10.6. The Labute approximate surface area is 116 Å². The average molecular weight is 285 g/mol. The highest BCUT2D eigenvalue weighted by Crippen LogP contribution is 2.33. The second-order valence-electron chi connectivity index (χ2n) is 7.57. The van der Waals surface area contributed by atoms with Gasteiger partial charge in [0.2, 0.25) is 0 Å². The molecule has 0 aromatic rings. The molecule has 0 amide bonds. The summed E-state index contributed by atoms with van der Waals surface area (Å²) in [6.45, 7) is 18.1. The Bertz CT molecular complexity index is 308. The van der Waals surface area contributed by atoms with Gasteiger partial charge in [-0.05, 0) is 19.3 Å². The van der Waals surface area contributed by atoms with Gasteiger partial charge in [0.15, 0.2) is 0 Å². The predicted molar refractivity (Wildman–Crippen MR) is 88.4 cm³/mol. The lowest BCUT2D eigenvalue weighted by atomic mass is 9.92. The van der Waals surface area contributed by atoms with Crippen molar-refractivity contribution in [3.05, 3.63) is 0 Å². The molecule has 0 fully saturated rings. The van der Waals surface area contributed by atoms with E-state index in [1.54, 1.807) is 0 Å². The molecule has 0 aromatic heterocycles. The van der Waals surface area contributed by atoms with Gasteiger partial charge in [0.1, 0.15) is 8.07 Å². The lowest BCUT2D eigenvalue weighted by Crippen LogP contribution is -2.36. The van der Waals surface area contributed by atoms with Crippen molar-refractivity contribution < 1.29 is 5.11 Å². The Kier molecular flexibility index (Phi) is 6.39. The van der Waals surface area contributed by atoms with Crippen molar-refractivity contribution in [2.75, 3.05) is 0 Å². The van der Waals surface area contributed by atoms with Gasteiger partial charge in [0.25, 0.3) is 0 Å². The molecule has 1 nitrogen and oxygen atoms in total. The van der Waals surface area contributed by atoms with Gasteiger partial charge in [0, 0.05) is 5.54 Å².